The second-order valence-corrected chi connectivity index (χ2v) is 5.43. The Morgan fingerprint density at radius 2 is 1.47 bits per heavy atom. The lowest BCUT2D eigenvalue weighted by Crippen LogP contribution is -2.39. The number of ketones is 1. The van der Waals surface area contributed by atoms with Gasteiger partial charge in [-0.15, -0.1) is 23.2 Å². The Kier molecular flexibility index (Phi) is 3.37. The summed E-state index contributed by atoms with van der Waals surface area (Å²) in [7, 11) is 0. The first-order chi connectivity index (χ1) is 6.74. The van der Waals surface area contributed by atoms with Gasteiger partial charge in [-0.1, -0.05) is 5.57 Å². The van der Waals surface area contributed by atoms with Crippen LogP contribution >= 0.6 is 23.2 Å². The minimum Gasteiger partial charge on any atom is -0.293 e. The molecule has 84 valence electrons. The lowest BCUT2D eigenvalue weighted by atomic mass is 9.70. The molecule has 0 saturated heterocycles. The molecule has 0 fully saturated rings. The highest BCUT2D eigenvalue weighted by Gasteiger charge is 2.45. The molecule has 1 nitrogen and oxygen atoms in total. The van der Waals surface area contributed by atoms with E-state index in [9.17, 15) is 4.79 Å². The van der Waals surface area contributed by atoms with E-state index >= 15 is 0 Å². The third-order valence-corrected chi connectivity index (χ3v) is 4.59. The fourth-order valence-corrected chi connectivity index (χ4v) is 2.47. The highest BCUT2D eigenvalue weighted by atomic mass is 35.5. The molecule has 0 aromatic carbocycles. The molecule has 0 amide bonds. The molecule has 0 aliphatic heterocycles. The monoisotopic (exact) mass is 246 g/mol. The smallest absolute Gasteiger partial charge is 0.171 e. The molecule has 0 heterocycles. The molecule has 0 radical (unpaired) electrons. The van der Waals surface area contributed by atoms with Crippen molar-refractivity contribution < 1.29 is 4.79 Å². The largest absolute Gasteiger partial charge is 0.293 e. The summed E-state index contributed by atoms with van der Waals surface area (Å²) in [4.78, 5) is 11.5. The number of hydrogen-bond acceptors (Lipinski definition) is 1. The first-order valence-electron chi connectivity index (χ1n) is 4.93. The van der Waals surface area contributed by atoms with Crippen LogP contribution in [-0.2, 0) is 4.79 Å². The van der Waals surface area contributed by atoms with Gasteiger partial charge in [0.2, 0.25) is 0 Å². The summed E-state index contributed by atoms with van der Waals surface area (Å²) in [6, 6.07) is 0. The zero-order valence-electron chi connectivity index (χ0n) is 9.74. The predicted molar refractivity (Wildman–Crippen MR) is 65.4 cm³/mol. The van der Waals surface area contributed by atoms with Gasteiger partial charge in [0.05, 0.1) is 5.41 Å². The molecule has 3 heteroatoms. The van der Waals surface area contributed by atoms with Gasteiger partial charge in [-0.25, -0.2) is 0 Å². The zero-order valence-corrected chi connectivity index (χ0v) is 11.3. The summed E-state index contributed by atoms with van der Waals surface area (Å²) in [5, 5.41) is 0. The Bertz CT molecular complexity index is 377. The van der Waals surface area contributed by atoms with Crippen LogP contribution in [0.1, 0.15) is 34.6 Å². The van der Waals surface area contributed by atoms with Crippen LogP contribution in [-0.4, -0.2) is 10.6 Å². The first kappa shape index (κ1) is 12.8. The van der Waals surface area contributed by atoms with Crippen molar-refractivity contribution in [2.75, 3.05) is 0 Å². The number of carbonyl (C=O) groups excluding carboxylic acids is 1. The summed E-state index contributed by atoms with van der Waals surface area (Å²) in [6.07, 6.45) is 0. The summed E-state index contributed by atoms with van der Waals surface area (Å²) in [5.74, 6) is 0.0399. The van der Waals surface area contributed by atoms with E-state index in [1.807, 2.05) is 34.6 Å². The van der Waals surface area contributed by atoms with Crippen molar-refractivity contribution >= 4 is 29.0 Å². The third kappa shape index (κ3) is 1.66. The van der Waals surface area contributed by atoms with Gasteiger partial charge < -0.3 is 0 Å². The summed E-state index contributed by atoms with van der Waals surface area (Å²) < 4.78 is 0. The number of hydrogen-bond donors (Lipinski definition) is 0. The highest BCUT2D eigenvalue weighted by Crippen LogP contribution is 2.45. The van der Waals surface area contributed by atoms with Crippen LogP contribution in [0, 0.1) is 5.41 Å². The average molecular weight is 247 g/mol. The minimum atomic E-state index is -0.767. The number of rotatable bonds is 1. The lowest BCUT2D eigenvalue weighted by molar-refractivity contribution is -0.122. The van der Waals surface area contributed by atoms with E-state index in [2.05, 4.69) is 0 Å². The second-order valence-electron chi connectivity index (χ2n) is 4.33. The number of Topliss-reactive ketones (excluding diaryl/α,β-unsaturated/α-hetero) is 1. The van der Waals surface area contributed by atoms with E-state index < -0.39 is 10.3 Å². The van der Waals surface area contributed by atoms with Gasteiger partial charge in [0.15, 0.2) is 5.78 Å². The standard InChI is InChI=1S/C12H16Cl2O/c1-6-7(2)9(4)12(5,11(13)14)10(15)8(6)3/h11H,1-5H3. The number of carbonyl (C=O) groups is 1. The van der Waals surface area contributed by atoms with Crippen molar-refractivity contribution in [1.29, 1.82) is 0 Å². The fraction of sp³-hybridized carbons (Fsp3) is 0.583. The molecule has 1 unspecified atom stereocenters. The van der Waals surface area contributed by atoms with Crippen LogP contribution in [0.15, 0.2) is 22.3 Å². The molecular formula is C12H16Cl2O. The van der Waals surface area contributed by atoms with Crippen LogP contribution < -0.4 is 0 Å². The molecule has 1 atom stereocenters. The highest BCUT2D eigenvalue weighted by molar-refractivity contribution is 6.46. The van der Waals surface area contributed by atoms with Crippen molar-refractivity contribution in [3.8, 4) is 0 Å². The van der Waals surface area contributed by atoms with E-state index in [-0.39, 0.29) is 5.78 Å². The maximum Gasteiger partial charge on any atom is 0.171 e. The quantitative estimate of drug-likeness (QED) is 0.639. The Balaban J connectivity index is 3.46. The SMILES string of the molecule is CC1=C(C)C(C)=C(C)C(C)(C(Cl)Cl)C1=O. The molecule has 0 bridgehead atoms. The maximum absolute atomic E-state index is 12.2. The van der Waals surface area contributed by atoms with Gasteiger partial charge in [-0.2, -0.15) is 0 Å². The van der Waals surface area contributed by atoms with Gasteiger partial charge >= 0.3 is 0 Å². The van der Waals surface area contributed by atoms with Crippen molar-refractivity contribution in [2.45, 2.75) is 39.5 Å². The molecular weight excluding hydrogens is 231 g/mol. The van der Waals surface area contributed by atoms with Gasteiger partial charge in [0, 0.05) is 0 Å². The van der Waals surface area contributed by atoms with Crippen LogP contribution in [0.2, 0.25) is 0 Å². The predicted octanol–water partition coefficient (Wildman–Crippen LogP) is 4.05. The topological polar surface area (TPSA) is 17.1 Å². The maximum atomic E-state index is 12.2. The Labute approximate surface area is 101 Å². The van der Waals surface area contributed by atoms with Crippen LogP contribution in [0.25, 0.3) is 0 Å². The van der Waals surface area contributed by atoms with Gasteiger partial charge in [-0.05, 0) is 51.3 Å². The lowest BCUT2D eigenvalue weighted by Gasteiger charge is -2.36. The van der Waals surface area contributed by atoms with Gasteiger partial charge in [-0.3, -0.25) is 4.79 Å². The summed E-state index contributed by atoms with van der Waals surface area (Å²) in [5.41, 5.74) is 3.15. The second kappa shape index (κ2) is 3.95. The van der Waals surface area contributed by atoms with Gasteiger partial charge in [0.1, 0.15) is 4.84 Å². The Morgan fingerprint density at radius 3 is 1.87 bits per heavy atom. The summed E-state index contributed by atoms with van der Waals surface area (Å²) >= 11 is 11.9. The van der Waals surface area contributed by atoms with Crippen molar-refractivity contribution in [1.82, 2.24) is 0 Å². The van der Waals surface area contributed by atoms with E-state index in [4.69, 9.17) is 23.2 Å². The Morgan fingerprint density at radius 1 is 1.00 bits per heavy atom. The minimum absolute atomic E-state index is 0.0399. The molecule has 1 aliphatic carbocycles. The van der Waals surface area contributed by atoms with E-state index in [0.29, 0.717) is 0 Å². The number of allylic oxidation sites excluding steroid dienone is 4. The molecule has 1 aliphatic rings. The molecule has 0 spiro atoms. The molecule has 15 heavy (non-hydrogen) atoms. The Hall–Kier alpha value is -0.270. The van der Waals surface area contributed by atoms with Crippen LogP contribution in [0.4, 0.5) is 0 Å². The van der Waals surface area contributed by atoms with Crippen molar-refractivity contribution in [3.05, 3.63) is 22.3 Å². The molecule has 0 aromatic heterocycles. The molecule has 0 N–H and O–H groups in total. The summed E-state index contributed by atoms with van der Waals surface area (Å²) in [6.45, 7) is 9.55. The van der Waals surface area contributed by atoms with Crippen molar-refractivity contribution in [3.63, 3.8) is 0 Å². The van der Waals surface area contributed by atoms with Crippen LogP contribution in [0.3, 0.4) is 0 Å². The average Bonchev–Trinajstić information content (AvgIpc) is 2.20. The van der Waals surface area contributed by atoms with Crippen LogP contribution in [0.5, 0.6) is 0 Å². The normalized spacial score (nSPS) is 28.1. The molecule has 0 aromatic rings. The van der Waals surface area contributed by atoms with Gasteiger partial charge in [0.25, 0.3) is 0 Å². The third-order valence-electron chi connectivity index (χ3n) is 3.72. The molecule has 0 saturated carbocycles. The molecule has 1 rings (SSSR count). The fourth-order valence-electron chi connectivity index (χ4n) is 1.94. The van der Waals surface area contributed by atoms with Crippen molar-refractivity contribution in [2.24, 2.45) is 5.41 Å². The first-order valence-corrected chi connectivity index (χ1v) is 5.80. The van der Waals surface area contributed by atoms with E-state index in [1.54, 1.807) is 0 Å². The van der Waals surface area contributed by atoms with E-state index in [1.165, 1.54) is 0 Å². The number of alkyl halides is 2. The van der Waals surface area contributed by atoms with E-state index in [0.717, 1.165) is 22.3 Å². The zero-order chi connectivity index (χ0) is 12.0. The number of halogens is 2.